The summed E-state index contributed by atoms with van der Waals surface area (Å²) in [5.41, 5.74) is 5.36. The Balaban J connectivity index is 1.73. The van der Waals surface area contributed by atoms with Gasteiger partial charge in [0.1, 0.15) is 17.1 Å². The van der Waals surface area contributed by atoms with E-state index in [9.17, 15) is 22.8 Å². The summed E-state index contributed by atoms with van der Waals surface area (Å²) in [5.74, 6) is -1.22. The number of nitrogen functional groups attached to an aromatic ring is 1. The van der Waals surface area contributed by atoms with Crippen LogP contribution in [0.3, 0.4) is 0 Å². The topological polar surface area (TPSA) is 118 Å². The van der Waals surface area contributed by atoms with Crippen molar-refractivity contribution < 1.29 is 36.7 Å². The van der Waals surface area contributed by atoms with Crippen LogP contribution in [0.15, 0.2) is 28.7 Å². The summed E-state index contributed by atoms with van der Waals surface area (Å²) in [5, 5.41) is 0.190. The molecular formula is C20H18F3N3O5. The van der Waals surface area contributed by atoms with Gasteiger partial charge >= 0.3 is 18.1 Å². The molecule has 31 heavy (non-hydrogen) atoms. The Morgan fingerprint density at radius 1 is 1.19 bits per heavy atom. The second-order valence-electron chi connectivity index (χ2n) is 6.49. The van der Waals surface area contributed by atoms with E-state index in [1.807, 2.05) is 0 Å². The van der Waals surface area contributed by atoms with Gasteiger partial charge in [0.15, 0.2) is 12.4 Å². The molecule has 0 bridgehead atoms. The number of rotatable bonds is 6. The van der Waals surface area contributed by atoms with E-state index in [4.69, 9.17) is 19.6 Å². The minimum atomic E-state index is -4.51. The molecule has 0 spiro atoms. The van der Waals surface area contributed by atoms with Gasteiger partial charge in [-0.1, -0.05) is 18.2 Å². The number of aromatic nitrogens is 2. The zero-order valence-corrected chi connectivity index (χ0v) is 16.6. The molecule has 0 saturated heterocycles. The molecule has 0 aliphatic carbocycles. The van der Waals surface area contributed by atoms with Crippen molar-refractivity contribution in [2.24, 2.45) is 0 Å². The van der Waals surface area contributed by atoms with Crippen molar-refractivity contribution in [2.45, 2.75) is 33.1 Å². The lowest BCUT2D eigenvalue weighted by Crippen LogP contribution is -2.12. The van der Waals surface area contributed by atoms with Gasteiger partial charge in [0, 0.05) is 0 Å². The monoisotopic (exact) mass is 437 g/mol. The van der Waals surface area contributed by atoms with Crippen LogP contribution in [0.5, 0.6) is 0 Å². The van der Waals surface area contributed by atoms with E-state index in [1.54, 1.807) is 13.8 Å². The summed E-state index contributed by atoms with van der Waals surface area (Å²) in [7, 11) is 0. The van der Waals surface area contributed by atoms with Gasteiger partial charge in [-0.05, 0) is 25.5 Å². The maximum absolute atomic E-state index is 12.8. The molecular weight excluding hydrogens is 419 g/mol. The molecule has 2 aromatic heterocycles. The van der Waals surface area contributed by atoms with Crippen molar-refractivity contribution in [3.63, 3.8) is 0 Å². The fourth-order valence-corrected chi connectivity index (χ4v) is 2.92. The number of alkyl halides is 3. The normalized spacial score (nSPS) is 11.5. The van der Waals surface area contributed by atoms with Gasteiger partial charge in [-0.15, -0.1) is 0 Å². The summed E-state index contributed by atoms with van der Waals surface area (Å²) < 4.78 is 53.8. The van der Waals surface area contributed by atoms with Crippen molar-refractivity contribution >= 4 is 28.9 Å². The van der Waals surface area contributed by atoms with Crippen LogP contribution < -0.4 is 5.73 Å². The maximum Gasteiger partial charge on any atom is 0.416 e. The fourth-order valence-electron chi connectivity index (χ4n) is 2.92. The lowest BCUT2D eigenvalue weighted by molar-refractivity contribution is -0.144. The molecule has 2 N–H and O–H groups in total. The van der Waals surface area contributed by atoms with Gasteiger partial charge in [0.25, 0.3) is 0 Å². The Morgan fingerprint density at radius 2 is 1.94 bits per heavy atom. The number of aryl methyl sites for hydroxylation is 1. The maximum atomic E-state index is 12.8. The van der Waals surface area contributed by atoms with E-state index >= 15 is 0 Å². The van der Waals surface area contributed by atoms with Gasteiger partial charge in [-0.2, -0.15) is 18.2 Å². The molecule has 0 radical (unpaired) electrons. The number of benzene rings is 1. The van der Waals surface area contributed by atoms with E-state index in [0.29, 0.717) is 0 Å². The summed E-state index contributed by atoms with van der Waals surface area (Å²) >= 11 is 0. The number of ether oxygens (including phenoxy) is 2. The summed E-state index contributed by atoms with van der Waals surface area (Å²) in [6.07, 6.45) is -4.88. The molecule has 0 saturated carbocycles. The summed E-state index contributed by atoms with van der Waals surface area (Å²) in [4.78, 5) is 32.3. The molecule has 1 aromatic carbocycles. The third-order valence-corrected chi connectivity index (χ3v) is 4.25. The van der Waals surface area contributed by atoms with Gasteiger partial charge in [-0.25, -0.2) is 9.78 Å². The van der Waals surface area contributed by atoms with Crippen molar-refractivity contribution in [1.29, 1.82) is 0 Å². The highest BCUT2D eigenvalue weighted by Crippen LogP contribution is 2.30. The Kier molecular flexibility index (Phi) is 6.14. The molecule has 0 fully saturated rings. The summed E-state index contributed by atoms with van der Waals surface area (Å²) in [6, 6.07) is 4.39. The van der Waals surface area contributed by atoms with E-state index in [0.717, 1.165) is 12.1 Å². The van der Waals surface area contributed by atoms with Gasteiger partial charge in [0.2, 0.25) is 5.71 Å². The molecule has 0 amide bonds. The number of furan rings is 1. The highest BCUT2D eigenvalue weighted by atomic mass is 19.4. The SMILES string of the molecule is CCOC(=O)c1c(C)oc2nc(COC(=O)Cc3cccc(C(F)(F)F)c3)nc(N)c12. The first-order chi connectivity index (χ1) is 14.6. The van der Waals surface area contributed by atoms with Gasteiger partial charge in [0.05, 0.1) is 24.0 Å². The highest BCUT2D eigenvalue weighted by Gasteiger charge is 2.30. The van der Waals surface area contributed by atoms with Gasteiger partial charge in [-0.3, -0.25) is 4.79 Å². The van der Waals surface area contributed by atoms with Crippen LogP contribution >= 0.6 is 0 Å². The Morgan fingerprint density at radius 3 is 2.61 bits per heavy atom. The van der Waals surface area contributed by atoms with Crippen LogP contribution in [0.1, 0.15) is 40.0 Å². The fraction of sp³-hybridized carbons (Fsp3) is 0.300. The molecule has 8 nitrogen and oxygen atoms in total. The first-order valence-electron chi connectivity index (χ1n) is 9.14. The number of esters is 2. The van der Waals surface area contributed by atoms with Crippen LogP contribution in [0.25, 0.3) is 11.1 Å². The van der Waals surface area contributed by atoms with Crippen molar-refractivity contribution in [2.75, 3.05) is 12.3 Å². The number of nitrogens with two attached hydrogens (primary N) is 1. The third-order valence-electron chi connectivity index (χ3n) is 4.25. The molecule has 11 heteroatoms. The largest absolute Gasteiger partial charge is 0.462 e. The quantitative estimate of drug-likeness (QED) is 0.582. The average molecular weight is 437 g/mol. The Hall–Kier alpha value is -3.63. The third kappa shape index (κ3) is 4.93. The van der Waals surface area contributed by atoms with Crippen molar-refractivity contribution in [3.05, 3.63) is 52.5 Å². The number of halogens is 3. The Labute approximate surface area is 174 Å². The lowest BCUT2D eigenvalue weighted by Gasteiger charge is -2.09. The van der Waals surface area contributed by atoms with Gasteiger partial charge < -0.3 is 19.6 Å². The van der Waals surface area contributed by atoms with Crippen molar-refractivity contribution in [3.8, 4) is 0 Å². The molecule has 2 heterocycles. The minimum absolute atomic E-state index is 0.00607. The lowest BCUT2D eigenvalue weighted by atomic mass is 10.1. The van der Waals surface area contributed by atoms with Crippen LogP contribution in [0.4, 0.5) is 19.0 Å². The zero-order chi connectivity index (χ0) is 22.8. The smallest absolute Gasteiger partial charge is 0.416 e. The Bertz CT molecular complexity index is 1140. The number of hydrogen-bond donors (Lipinski definition) is 1. The van der Waals surface area contributed by atoms with E-state index in [2.05, 4.69) is 9.97 Å². The number of carbonyl (C=O) groups is 2. The minimum Gasteiger partial charge on any atom is -0.462 e. The van der Waals surface area contributed by atoms with Crippen LogP contribution in [0, 0.1) is 6.92 Å². The molecule has 3 rings (SSSR count). The molecule has 3 aromatic rings. The highest BCUT2D eigenvalue weighted by molar-refractivity contribution is 6.07. The van der Waals surface area contributed by atoms with E-state index in [1.165, 1.54) is 12.1 Å². The predicted molar refractivity (Wildman–Crippen MR) is 102 cm³/mol. The van der Waals surface area contributed by atoms with Crippen LogP contribution in [-0.4, -0.2) is 28.5 Å². The zero-order valence-electron chi connectivity index (χ0n) is 16.6. The number of fused-ring (bicyclic) bond motifs is 1. The van der Waals surface area contributed by atoms with Crippen LogP contribution in [0.2, 0.25) is 0 Å². The first-order valence-corrected chi connectivity index (χ1v) is 9.14. The molecule has 0 atom stereocenters. The average Bonchev–Trinajstić information content (AvgIpc) is 3.02. The standard InChI is InChI=1S/C20H18F3N3O5/c1-3-29-19(28)15-10(2)31-18-16(15)17(24)25-13(26-18)9-30-14(27)8-11-5-4-6-12(7-11)20(21,22)23/h4-7H,3,8-9H2,1-2H3,(H2,24,25,26). The molecule has 0 aliphatic rings. The van der Waals surface area contributed by atoms with E-state index < -0.39 is 23.7 Å². The first kappa shape index (κ1) is 22.1. The van der Waals surface area contributed by atoms with E-state index in [-0.39, 0.29) is 59.3 Å². The van der Waals surface area contributed by atoms with Crippen LogP contribution in [-0.2, 0) is 33.5 Å². The number of carbonyl (C=O) groups excluding carboxylic acids is 2. The summed E-state index contributed by atoms with van der Waals surface area (Å²) in [6.45, 7) is 2.97. The number of nitrogens with zero attached hydrogens (tertiary/aromatic N) is 2. The molecule has 0 unspecified atom stereocenters. The number of anilines is 1. The second-order valence-corrected chi connectivity index (χ2v) is 6.49. The number of hydrogen-bond acceptors (Lipinski definition) is 8. The molecule has 0 aliphatic heterocycles. The predicted octanol–water partition coefficient (Wildman–Crippen LogP) is 3.59. The van der Waals surface area contributed by atoms with Crippen molar-refractivity contribution in [1.82, 2.24) is 9.97 Å². The molecule has 164 valence electrons. The second kappa shape index (κ2) is 8.62.